The number of nitrogens with one attached hydrogen (secondary N) is 1. The zero-order valence-corrected chi connectivity index (χ0v) is 8.55. The monoisotopic (exact) mass is 280 g/mol. The zero-order chi connectivity index (χ0) is 11.6. The number of benzene rings is 1. The maximum Gasteiger partial charge on any atom is 0.297 e. The average Bonchev–Trinajstić information content (AvgIpc) is 2.18. The van der Waals surface area contributed by atoms with Gasteiger partial charge in [-0.05, 0) is 15.9 Å². The summed E-state index contributed by atoms with van der Waals surface area (Å²) in [5.74, 6) is -2.78. The van der Waals surface area contributed by atoms with Crippen LogP contribution in [0.15, 0.2) is 10.5 Å². The second-order valence-corrected chi connectivity index (χ2v) is 3.25. The molecule has 1 aromatic carbocycles. The number of carbonyl (C=O) groups is 1. The minimum Gasteiger partial charge on any atom is -0.320 e. The Morgan fingerprint density at radius 1 is 1.47 bits per heavy atom. The third-order valence-electron chi connectivity index (χ3n) is 1.54. The number of hydrogen-bond donors (Lipinski definition) is 1. The fraction of sp³-hybridized carbons (Fsp3) is 0. The first-order valence-electron chi connectivity index (χ1n) is 3.51. The van der Waals surface area contributed by atoms with Gasteiger partial charge in [0.15, 0.2) is 17.3 Å². The van der Waals surface area contributed by atoms with Crippen molar-refractivity contribution >= 4 is 33.7 Å². The molecule has 80 valence electrons. The number of nitro groups is 1. The summed E-state index contributed by atoms with van der Waals surface area (Å²) in [6.45, 7) is 0. The van der Waals surface area contributed by atoms with E-state index >= 15 is 0 Å². The van der Waals surface area contributed by atoms with Gasteiger partial charge in [-0.15, -0.1) is 0 Å². The molecule has 1 amide bonds. The molecule has 5 nitrogen and oxygen atoms in total. The van der Waals surface area contributed by atoms with Crippen LogP contribution >= 0.6 is 15.9 Å². The van der Waals surface area contributed by atoms with Crippen molar-refractivity contribution in [3.05, 3.63) is 32.3 Å². The molecule has 0 fully saturated rings. The van der Waals surface area contributed by atoms with E-state index in [4.69, 9.17) is 0 Å². The molecule has 0 saturated carbocycles. The summed E-state index contributed by atoms with van der Waals surface area (Å²) in [4.78, 5) is 19.6. The Hall–Kier alpha value is -1.57. The van der Waals surface area contributed by atoms with Gasteiger partial charge in [-0.2, -0.15) is 0 Å². The quantitative estimate of drug-likeness (QED) is 0.399. The fourth-order valence-corrected chi connectivity index (χ4v) is 1.31. The molecule has 0 unspecified atom stereocenters. The van der Waals surface area contributed by atoms with Gasteiger partial charge in [0.25, 0.3) is 5.69 Å². The number of halogens is 3. The van der Waals surface area contributed by atoms with Crippen LogP contribution in [0.5, 0.6) is 0 Å². The van der Waals surface area contributed by atoms with Crippen LogP contribution in [-0.2, 0) is 4.79 Å². The molecule has 0 bridgehead atoms. The molecule has 0 aliphatic heterocycles. The van der Waals surface area contributed by atoms with Crippen LogP contribution < -0.4 is 5.32 Å². The van der Waals surface area contributed by atoms with Crippen molar-refractivity contribution in [2.24, 2.45) is 0 Å². The molecular formula is C7H3BrF2N2O3. The molecule has 8 heteroatoms. The van der Waals surface area contributed by atoms with E-state index in [0.29, 0.717) is 0 Å². The van der Waals surface area contributed by atoms with Crippen molar-refractivity contribution in [1.29, 1.82) is 0 Å². The molecule has 0 heterocycles. The molecule has 0 radical (unpaired) electrons. The zero-order valence-electron chi connectivity index (χ0n) is 6.96. The lowest BCUT2D eigenvalue weighted by Gasteiger charge is -2.04. The molecule has 15 heavy (non-hydrogen) atoms. The molecule has 1 N–H and O–H groups in total. The first-order valence-corrected chi connectivity index (χ1v) is 4.30. The van der Waals surface area contributed by atoms with E-state index in [-0.39, 0.29) is 10.9 Å². The maximum atomic E-state index is 13.1. The van der Waals surface area contributed by atoms with E-state index in [2.05, 4.69) is 15.9 Å². The normalized spacial score (nSPS) is 9.80. The largest absolute Gasteiger partial charge is 0.320 e. The Labute approximate surface area is 90.4 Å². The molecule has 0 aliphatic rings. The minimum absolute atomic E-state index is 0.0265. The smallest absolute Gasteiger partial charge is 0.297 e. The van der Waals surface area contributed by atoms with Gasteiger partial charge in [-0.3, -0.25) is 14.9 Å². The van der Waals surface area contributed by atoms with Crippen LogP contribution in [0.2, 0.25) is 0 Å². The highest BCUT2D eigenvalue weighted by Gasteiger charge is 2.24. The first-order chi connectivity index (χ1) is 6.99. The molecule has 0 aliphatic carbocycles. The van der Waals surface area contributed by atoms with E-state index in [1.165, 1.54) is 0 Å². The van der Waals surface area contributed by atoms with Gasteiger partial charge >= 0.3 is 0 Å². The first kappa shape index (κ1) is 11.5. The molecule has 0 saturated heterocycles. The highest BCUT2D eigenvalue weighted by atomic mass is 79.9. The van der Waals surface area contributed by atoms with E-state index in [1.54, 1.807) is 5.32 Å². The number of anilines is 1. The van der Waals surface area contributed by atoms with Crippen LogP contribution in [-0.4, -0.2) is 11.3 Å². The van der Waals surface area contributed by atoms with E-state index in [0.717, 1.165) is 6.07 Å². The van der Waals surface area contributed by atoms with Crippen molar-refractivity contribution in [2.75, 3.05) is 5.32 Å². The van der Waals surface area contributed by atoms with Gasteiger partial charge in [0.1, 0.15) is 0 Å². The highest BCUT2D eigenvalue weighted by Crippen LogP contribution is 2.33. The molecular weight excluding hydrogens is 278 g/mol. The topological polar surface area (TPSA) is 72.2 Å². The molecule has 1 aromatic rings. The summed E-state index contributed by atoms with van der Waals surface area (Å²) in [6, 6.07) is 0.768. The number of carbonyl (C=O) groups excluding carboxylic acids is 1. The summed E-state index contributed by atoms with van der Waals surface area (Å²) in [5.41, 5.74) is -1.52. The molecule has 0 aromatic heterocycles. The predicted octanol–water partition coefficient (Wildman–Crippen LogP) is 2.20. The average molecular weight is 281 g/mol. The van der Waals surface area contributed by atoms with Gasteiger partial charge in [0, 0.05) is 6.07 Å². The van der Waals surface area contributed by atoms with Crippen LogP contribution in [0.1, 0.15) is 0 Å². The van der Waals surface area contributed by atoms with Gasteiger partial charge < -0.3 is 5.32 Å². The maximum absolute atomic E-state index is 13.1. The molecule has 1 rings (SSSR count). The van der Waals surface area contributed by atoms with E-state index in [1.807, 2.05) is 0 Å². The number of hydrogen-bond acceptors (Lipinski definition) is 3. The van der Waals surface area contributed by atoms with Crippen LogP contribution in [0.25, 0.3) is 0 Å². The number of nitro benzene ring substituents is 1. The van der Waals surface area contributed by atoms with E-state index < -0.39 is 27.9 Å². The standard InChI is InChI=1S/C7H3BrF2N2O3/c8-3-1-4(12(14)15)7(11-2-13)6(10)5(3)9/h1-2H,(H,11,13). The fourth-order valence-electron chi connectivity index (χ4n) is 0.923. The number of nitrogens with zero attached hydrogens (tertiary/aromatic N) is 1. The third-order valence-corrected chi connectivity index (χ3v) is 2.12. The van der Waals surface area contributed by atoms with Gasteiger partial charge in [-0.25, -0.2) is 8.78 Å². The van der Waals surface area contributed by atoms with Gasteiger partial charge in [0.2, 0.25) is 6.41 Å². The summed E-state index contributed by atoms with van der Waals surface area (Å²) in [5, 5.41) is 12.2. The number of amides is 1. The summed E-state index contributed by atoms with van der Waals surface area (Å²) < 4.78 is 25.7. The van der Waals surface area contributed by atoms with Crippen molar-refractivity contribution in [3.63, 3.8) is 0 Å². The summed E-state index contributed by atoms with van der Waals surface area (Å²) in [6.07, 6.45) is 0.0265. The summed E-state index contributed by atoms with van der Waals surface area (Å²) in [7, 11) is 0. The van der Waals surface area contributed by atoms with Crippen molar-refractivity contribution in [1.82, 2.24) is 0 Å². The molecule has 0 atom stereocenters. The highest BCUT2D eigenvalue weighted by molar-refractivity contribution is 9.10. The van der Waals surface area contributed by atoms with Crippen molar-refractivity contribution in [3.8, 4) is 0 Å². The van der Waals surface area contributed by atoms with Crippen LogP contribution in [0.4, 0.5) is 20.2 Å². The van der Waals surface area contributed by atoms with Gasteiger partial charge in [0.05, 0.1) is 9.40 Å². The predicted molar refractivity (Wildman–Crippen MR) is 50.4 cm³/mol. The Morgan fingerprint density at radius 2 is 2.07 bits per heavy atom. The Bertz CT molecular complexity index is 439. The second kappa shape index (κ2) is 4.30. The SMILES string of the molecule is O=CNc1c([N+](=O)[O-])cc(Br)c(F)c1F. The number of rotatable bonds is 3. The van der Waals surface area contributed by atoms with Crippen molar-refractivity contribution in [2.45, 2.75) is 0 Å². The Balaban J connectivity index is 3.49. The van der Waals surface area contributed by atoms with Crippen molar-refractivity contribution < 1.29 is 18.5 Å². The summed E-state index contributed by atoms with van der Waals surface area (Å²) >= 11 is 2.61. The Morgan fingerprint density at radius 3 is 2.53 bits per heavy atom. The second-order valence-electron chi connectivity index (χ2n) is 2.40. The Kier molecular flexibility index (Phi) is 3.30. The lowest BCUT2D eigenvalue weighted by Crippen LogP contribution is -2.04. The van der Waals surface area contributed by atoms with Gasteiger partial charge in [-0.1, -0.05) is 0 Å². The lowest BCUT2D eigenvalue weighted by molar-refractivity contribution is -0.384. The van der Waals surface area contributed by atoms with Crippen LogP contribution in [0.3, 0.4) is 0 Å². The minimum atomic E-state index is -1.48. The molecule has 0 spiro atoms. The van der Waals surface area contributed by atoms with E-state index in [9.17, 15) is 23.7 Å². The lowest BCUT2D eigenvalue weighted by atomic mass is 10.2. The van der Waals surface area contributed by atoms with Crippen LogP contribution in [0, 0.1) is 21.7 Å². The third kappa shape index (κ3) is 2.09.